The van der Waals surface area contributed by atoms with Crippen LogP contribution in [0.5, 0.6) is 0 Å². The Kier molecular flexibility index (Phi) is 10.2. The van der Waals surface area contributed by atoms with Crippen LogP contribution in [0.2, 0.25) is 0 Å². The van der Waals surface area contributed by atoms with Crippen molar-refractivity contribution >= 4 is 34.0 Å². The summed E-state index contributed by atoms with van der Waals surface area (Å²) in [6.07, 6.45) is 6.29. The van der Waals surface area contributed by atoms with Gasteiger partial charge in [-0.05, 0) is 18.2 Å². The lowest BCUT2D eigenvalue weighted by Gasteiger charge is -2.14. The molecule has 1 aromatic rings. The van der Waals surface area contributed by atoms with E-state index in [2.05, 4.69) is 38.8 Å². The molecule has 0 aliphatic heterocycles. The van der Waals surface area contributed by atoms with Gasteiger partial charge in [-0.15, -0.1) is 0 Å². The highest BCUT2D eigenvalue weighted by atomic mass is 32.2. The third-order valence-electron chi connectivity index (χ3n) is 3.78. The molecule has 0 aromatic carbocycles. The van der Waals surface area contributed by atoms with Gasteiger partial charge in [0.1, 0.15) is 17.7 Å². The molecule has 184 valence electrons. The molecule has 0 unspecified atom stereocenters. The summed E-state index contributed by atoms with van der Waals surface area (Å²) in [6.45, 7) is 6.95. The second-order valence-electron chi connectivity index (χ2n) is 6.47. The van der Waals surface area contributed by atoms with E-state index in [0.717, 1.165) is 16.9 Å². The van der Waals surface area contributed by atoms with Crippen molar-refractivity contribution in [2.24, 2.45) is 10.7 Å². The third-order valence-corrected chi connectivity index (χ3v) is 4.92. The van der Waals surface area contributed by atoms with Crippen LogP contribution in [0.1, 0.15) is 5.56 Å². The maximum absolute atomic E-state index is 13.3. The number of carbonyl (C=O) groups excluding carboxylic acids is 1. The summed E-state index contributed by atoms with van der Waals surface area (Å²) >= 11 is 0. The van der Waals surface area contributed by atoms with Crippen LogP contribution >= 0.6 is 0 Å². The molecular formula is C20H24F3N7O3S. The Morgan fingerprint density at radius 2 is 2.03 bits per heavy atom. The molecule has 1 heterocycles. The average Bonchev–Trinajstić information content (AvgIpc) is 2.73. The molecule has 10 nitrogen and oxygen atoms in total. The molecule has 1 rings (SSSR count). The number of allylic oxidation sites excluding steroid dienone is 3. The maximum atomic E-state index is 13.3. The fraction of sp³-hybridized carbons (Fsp3) is 0.200. The third kappa shape index (κ3) is 9.68. The molecule has 0 atom stereocenters. The molecule has 0 aliphatic carbocycles. The molecule has 34 heavy (non-hydrogen) atoms. The van der Waals surface area contributed by atoms with E-state index in [0.29, 0.717) is 6.20 Å². The number of hydrogen-bond acceptors (Lipinski definition) is 8. The highest BCUT2D eigenvalue weighted by molar-refractivity contribution is 7.88. The minimum atomic E-state index is -4.71. The van der Waals surface area contributed by atoms with Crippen LogP contribution in [0.3, 0.4) is 0 Å². The van der Waals surface area contributed by atoms with E-state index in [1.165, 1.54) is 43.6 Å². The number of aliphatic imine (C=N–C) groups is 1. The maximum Gasteiger partial charge on any atom is 0.421 e. The quantitative estimate of drug-likeness (QED) is 0.173. The molecule has 0 saturated carbocycles. The van der Waals surface area contributed by atoms with Crippen molar-refractivity contribution in [2.45, 2.75) is 6.18 Å². The van der Waals surface area contributed by atoms with E-state index in [1.54, 1.807) is 0 Å². The van der Waals surface area contributed by atoms with Gasteiger partial charge in [-0.1, -0.05) is 25.3 Å². The highest BCUT2D eigenvalue weighted by Gasteiger charge is 2.35. The standard InChI is InChI=1S/C20H24F3N7O3S/c1-5-15(11-14(2)17(24)31)28-19-27-12-16(20(21,22)23)18(29-19)26-10-8-6-7-9-25-13-30(3)34(4,32)33/h5-9,11-13H,1-2,10H2,3-4H3,(H2,24,31)(H2,26,27,28,29)/b8-6+,9-7-,15-11+,25-13?. The Labute approximate surface area is 195 Å². The van der Waals surface area contributed by atoms with Gasteiger partial charge in [-0.3, -0.25) is 9.10 Å². The van der Waals surface area contributed by atoms with Gasteiger partial charge in [0.05, 0.1) is 6.26 Å². The molecule has 1 aromatic heterocycles. The predicted octanol–water partition coefficient (Wildman–Crippen LogP) is 2.42. The Morgan fingerprint density at radius 3 is 2.59 bits per heavy atom. The summed E-state index contributed by atoms with van der Waals surface area (Å²) in [6, 6.07) is 0. The van der Waals surface area contributed by atoms with Crippen molar-refractivity contribution in [3.05, 3.63) is 72.8 Å². The van der Waals surface area contributed by atoms with Crippen LogP contribution in [0.15, 0.2) is 72.2 Å². The number of nitrogens with two attached hydrogens (primary N) is 1. The van der Waals surface area contributed by atoms with Gasteiger partial charge in [-0.2, -0.15) is 18.2 Å². The van der Waals surface area contributed by atoms with Crippen LogP contribution in [0.25, 0.3) is 0 Å². The second kappa shape index (κ2) is 12.3. The topological polar surface area (TPSA) is 143 Å². The second-order valence-corrected chi connectivity index (χ2v) is 8.51. The first kappa shape index (κ1) is 28.1. The molecule has 0 aliphatic rings. The van der Waals surface area contributed by atoms with E-state index in [4.69, 9.17) is 5.73 Å². The van der Waals surface area contributed by atoms with Crippen LogP contribution in [0, 0.1) is 0 Å². The van der Waals surface area contributed by atoms with Crippen LogP contribution in [-0.4, -0.2) is 54.8 Å². The van der Waals surface area contributed by atoms with Gasteiger partial charge in [0.15, 0.2) is 0 Å². The highest BCUT2D eigenvalue weighted by Crippen LogP contribution is 2.33. The number of aromatic nitrogens is 2. The van der Waals surface area contributed by atoms with E-state index < -0.39 is 33.5 Å². The lowest BCUT2D eigenvalue weighted by atomic mass is 10.2. The van der Waals surface area contributed by atoms with Crippen molar-refractivity contribution in [3.63, 3.8) is 0 Å². The minimum absolute atomic E-state index is 0.0283. The molecule has 0 fully saturated rings. The first-order chi connectivity index (χ1) is 15.8. The molecule has 0 bridgehead atoms. The summed E-state index contributed by atoms with van der Waals surface area (Å²) in [7, 11) is -2.08. The van der Waals surface area contributed by atoms with Gasteiger partial charge in [0.25, 0.3) is 0 Å². The number of nitrogens with zero attached hydrogens (tertiary/aromatic N) is 4. The van der Waals surface area contributed by atoms with Crippen LogP contribution in [-0.2, 0) is 21.0 Å². The molecule has 4 N–H and O–H groups in total. The smallest absolute Gasteiger partial charge is 0.366 e. The summed E-state index contributed by atoms with van der Waals surface area (Å²) in [5.41, 5.74) is 4.16. The summed E-state index contributed by atoms with van der Waals surface area (Å²) in [4.78, 5) is 22.4. The predicted molar refractivity (Wildman–Crippen MR) is 125 cm³/mol. The van der Waals surface area contributed by atoms with E-state index >= 15 is 0 Å². The Balaban J connectivity index is 2.94. The van der Waals surface area contributed by atoms with Crippen molar-refractivity contribution in [1.29, 1.82) is 0 Å². The zero-order valence-electron chi connectivity index (χ0n) is 18.4. The first-order valence-corrected chi connectivity index (χ1v) is 11.2. The van der Waals surface area contributed by atoms with Crippen molar-refractivity contribution in [1.82, 2.24) is 14.3 Å². The zero-order valence-corrected chi connectivity index (χ0v) is 19.2. The fourth-order valence-electron chi connectivity index (χ4n) is 1.94. The summed E-state index contributed by atoms with van der Waals surface area (Å²) in [5, 5.41) is 5.18. The van der Waals surface area contributed by atoms with Crippen LogP contribution in [0.4, 0.5) is 24.9 Å². The Bertz CT molecular complexity index is 1140. The lowest BCUT2D eigenvalue weighted by Crippen LogP contribution is -2.23. The summed E-state index contributed by atoms with van der Waals surface area (Å²) < 4.78 is 63.3. The number of amides is 1. The van der Waals surface area contributed by atoms with Crippen molar-refractivity contribution in [2.75, 3.05) is 30.5 Å². The Hall–Kier alpha value is -3.94. The molecule has 14 heteroatoms. The number of anilines is 2. The zero-order chi connectivity index (χ0) is 25.9. The van der Waals surface area contributed by atoms with E-state index in [-0.39, 0.29) is 23.8 Å². The van der Waals surface area contributed by atoms with Crippen molar-refractivity contribution in [3.8, 4) is 0 Å². The van der Waals surface area contributed by atoms with Crippen LogP contribution < -0.4 is 16.4 Å². The molecule has 0 saturated heterocycles. The van der Waals surface area contributed by atoms with Gasteiger partial charge in [0.2, 0.25) is 21.9 Å². The van der Waals surface area contributed by atoms with Crippen molar-refractivity contribution < 1.29 is 26.4 Å². The summed E-state index contributed by atoms with van der Waals surface area (Å²) in [5.74, 6) is -1.46. The van der Waals surface area contributed by atoms with Gasteiger partial charge in [-0.25, -0.2) is 18.4 Å². The number of alkyl halides is 3. The number of hydrogen-bond donors (Lipinski definition) is 3. The van der Waals surface area contributed by atoms with E-state index in [9.17, 15) is 26.4 Å². The molecular weight excluding hydrogens is 475 g/mol. The van der Waals surface area contributed by atoms with E-state index in [1.807, 2.05) is 0 Å². The van der Waals surface area contributed by atoms with Gasteiger partial charge < -0.3 is 16.4 Å². The van der Waals surface area contributed by atoms with Gasteiger partial charge >= 0.3 is 6.18 Å². The largest absolute Gasteiger partial charge is 0.421 e. The van der Waals surface area contributed by atoms with Gasteiger partial charge in [0, 0.05) is 37.3 Å². The average molecular weight is 500 g/mol. The molecule has 0 spiro atoms. The number of nitrogens with one attached hydrogen (secondary N) is 2. The lowest BCUT2D eigenvalue weighted by molar-refractivity contribution is -0.137. The normalized spacial score (nSPS) is 12.9. The minimum Gasteiger partial charge on any atom is -0.366 e. The number of primary amides is 1. The monoisotopic (exact) mass is 499 g/mol. The number of sulfonamides is 1. The SMILES string of the molecule is C=C/C(=C\C(=C)C(N)=O)Nc1ncc(C(F)(F)F)c(NC/C=C/C=C\N=CN(C)S(C)(=O)=O)n1. The fourth-order valence-corrected chi connectivity index (χ4v) is 2.16. The Morgan fingerprint density at radius 1 is 1.35 bits per heavy atom. The number of rotatable bonds is 12. The molecule has 0 radical (unpaired) electrons. The number of halogens is 3. The molecule has 1 amide bonds. The number of carbonyl (C=O) groups is 1. The first-order valence-electron chi connectivity index (χ1n) is 9.31.